The van der Waals surface area contributed by atoms with Gasteiger partial charge in [0.1, 0.15) is 5.75 Å². The Hall–Kier alpha value is -1.55. The predicted octanol–water partition coefficient (Wildman–Crippen LogP) is 2.75. The van der Waals surface area contributed by atoms with Crippen LogP contribution in [0.3, 0.4) is 0 Å². The average Bonchev–Trinajstić information content (AvgIpc) is 2.65. The van der Waals surface area contributed by atoms with Crippen LogP contribution in [-0.4, -0.2) is 17.1 Å². The fraction of sp³-hybridized carbons (Fsp3) is 0.100. The first-order valence-corrected chi connectivity index (χ1v) is 4.62. The number of aromatic amines is 2. The molecule has 3 nitrogen and oxygen atoms in total. The zero-order valence-electron chi connectivity index (χ0n) is 7.70. The summed E-state index contributed by atoms with van der Waals surface area (Å²) in [6.07, 6.45) is 1.84. The Bertz CT molecular complexity index is 487. The molecule has 0 saturated heterocycles. The maximum Gasteiger partial charge on any atom is 0.174 e. The van der Waals surface area contributed by atoms with Gasteiger partial charge in [0.05, 0.1) is 12.8 Å². The van der Waals surface area contributed by atoms with Gasteiger partial charge in [0, 0.05) is 11.8 Å². The normalized spacial score (nSPS) is 10.1. The molecule has 2 rings (SSSR count). The summed E-state index contributed by atoms with van der Waals surface area (Å²) in [6.45, 7) is 0. The number of methoxy groups -OCH3 is 1. The lowest BCUT2D eigenvalue weighted by molar-refractivity contribution is 0.415. The van der Waals surface area contributed by atoms with Crippen LogP contribution in [0.4, 0.5) is 0 Å². The third kappa shape index (κ3) is 1.70. The maximum absolute atomic E-state index is 5.13. The molecule has 4 heteroatoms. The standard InChI is InChI=1S/C10H10N2OS/c1-13-8-4-2-3-7(5-8)9-6-11-10(14)12-9/h2-6H,1H3,(H2,11,12,14). The van der Waals surface area contributed by atoms with E-state index in [4.69, 9.17) is 17.0 Å². The van der Waals surface area contributed by atoms with Crippen molar-refractivity contribution < 1.29 is 4.74 Å². The molecule has 0 aliphatic heterocycles. The molecule has 72 valence electrons. The van der Waals surface area contributed by atoms with Crippen molar-refractivity contribution in [1.29, 1.82) is 0 Å². The molecule has 0 unspecified atom stereocenters. The van der Waals surface area contributed by atoms with Crippen LogP contribution >= 0.6 is 12.2 Å². The van der Waals surface area contributed by atoms with Gasteiger partial charge in [0.25, 0.3) is 0 Å². The van der Waals surface area contributed by atoms with Gasteiger partial charge in [-0.1, -0.05) is 12.1 Å². The highest BCUT2D eigenvalue weighted by atomic mass is 32.1. The summed E-state index contributed by atoms with van der Waals surface area (Å²) < 4.78 is 5.76. The van der Waals surface area contributed by atoms with Crippen molar-refractivity contribution in [2.24, 2.45) is 0 Å². The largest absolute Gasteiger partial charge is 0.497 e. The fourth-order valence-electron chi connectivity index (χ4n) is 1.28. The molecule has 2 aromatic rings. The van der Waals surface area contributed by atoms with Gasteiger partial charge in [0.15, 0.2) is 4.77 Å². The highest BCUT2D eigenvalue weighted by molar-refractivity contribution is 7.71. The maximum atomic E-state index is 5.13. The third-order valence-electron chi connectivity index (χ3n) is 1.98. The van der Waals surface area contributed by atoms with E-state index in [-0.39, 0.29) is 0 Å². The SMILES string of the molecule is COc1cccc(-c2c[nH]c(=S)[nH]2)c1. The Kier molecular flexibility index (Phi) is 2.37. The van der Waals surface area contributed by atoms with Crippen LogP contribution in [0, 0.1) is 4.77 Å². The summed E-state index contributed by atoms with van der Waals surface area (Å²) >= 11 is 4.95. The van der Waals surface area contributed by atoms with Crippen molar-refractivity contribution in [3.63, 3.8) is 0 Å². The van der Waals surface area contributed by atoms with Gasteiger partial charge in [-0.3, -0.25) is 0 Å². The zero-order chi connectivity index (χ0) is 9.97. The van der Waals surface area contributed by atoms with Gasteiger partial charge in [-0.15, -0.1) is 0 Å². The van der Waals surface area contributed by atoms with Crippen molar-refractivity contribution in [1.82, 2.24) is 9.97 Å². The van der Waals surface area contributed by atoms with Gasteiger partial charge in [-0.2, -0.15) is 0 Å². The Morgan fingerprint density at radius 1 is 1.36 bits per heavy atom. The van der Waals surface area contributed by atoms with Gasteiger partial charge in [-0.05, 0) is 24.4 Å². The van der Waals surface area contributed by atoms with Crippen LogP contribution in [0.2, 0.25) is 0 Å². The highest BCUT2D eigenvalue weighted by Crippen LogP contribution is 2.21. The molecule has 0 aliphatic carbocycles. The molecule has 0 amide bonds. The molecule has 0 spiro atoms. The number of nitrogens with one attached hydrogen (secondary N) is 2. The van der Waals surface area contributed by atoms with Gasteiger partial charge < -0.3 is 14.7 Å². The Morgan fingerprint density at radius 3 is 2.86 bits per heavy atom. The van der Waals surface area contributed by atoms with Crippen molar-refractivity contribution in [2.45, 2.75) is 0 Å². The average molecular weight is 206 g/mol. The number of aromatic nitrogens is 2. The lowest BCUT2D eigenvalue weighted by atomic mass is 10.1. The summed E-state index contributed by atoms with van der Waals surface area (Å²) in [5.74, 6) is 0.836. The van der Waals surface area contributed by atoms with E-state index in [9.17, 15) is 0 Å². The second-order valence-electron chi connectivity index (χ2n) is 2.89. The smallest absolute Gasteiger partial charge is 0.174 e. The second kappa shape index (κ2) is 3.67. The number of imidazole rings is 1. The number of hydrogen-bond acceptors (Lipinski definition) is 2. The van der Waals surface area contributed by atoms with Crippen molar-refractivity contribution in [3.05, 3.63) is 35.2 Å². The summed E-state index contributed by atoms with van der Waals surface area (Å²) in [4.78, 5) is 5.97. The number of hydrogen-bond donors (Lipinski definition) is 2. The summed E-state index contributed by atoms with van der Waals surface area (Å²) in [7, 11) is 1.65. The molecular formula is C10H10N2OS. The molecule has 0 aliphatic rings. The summed E-state index contributed by atoms with van der Waals surface area (Å²) in [5.41, 5.74) is 2.02. The van der Waals surface area contributed by atoms with Crippen molar-refractivity contribution >= 4 is 12.2 Å². The number of benzene rings is 1. The minimum atomic E-state index is 0.628. The van der Waals surface area contributed by atoms with Gasteiger partial charge >= 0.3 is 0 Å². The molecule has 0 atom stereocenters. The van der Waals surface area contributed by atoms with Crippen LogP contribution in [0.15, 0.2) is 30.5 Å². The van der Waals surface area contributed by atoms with E-state index in [1.54, 1.807) is 7.11 Å². The van der Waals surface area contributed by atoms with Crippen LogP contribution in [-0.2, 0) is 0 Å². The number of rotatable bonds is 2. The van der Waals surface area contributed by atoms with E-state index < -0.39 is 0 Å². The molecule has 0 saturated carbocycles. The minimum Gasteiger partial charge on any atom is -0.497 e. The Morgan fingerprint density at radius 2 is 2.21 bits per heavy atom. The fourth-order valence-corrected chi connectivity index (χ4v) is 1.45. The topological polar surface area (TPSA) is 40.8 Å². The molecule has 0 radical (unpaired) electrons. The minimum absolute atomic E-state index is 0.628. The van der Waals surface area contributed by atoms with Crippen LogP contribution < -0.4 is 4.74 Å². The van der Waals surface area contributed by atoms with E-state index in [1.807, 2.05) is 30.5 Å². The molecule has 0 fully saturated rings. The molecule has 2 N–H and O–H groups in total. The summed E-state index contributed by atoms with van der Waals surface area (Å²) in [6, 6.07) is 7.80. The van der Waals surface area contributed by atoms with Crippen LogP contribution in [0.25, 0.3) is 11.3 Å². The molecule has 14 heavy (non-hydrogen) atoms. The monoisotopic (exact) mass is 206 g/mol. The van der Waals surface area contributed by atoms with Gasteiger partial charge in [0.2, 0.25) is 0 Å². The second-order valence-corrected chi connectivity index (χ2v) is 3.30. The van der Waals surface area contributed by atoms with E-state index in [1.165, 1.54) is 0 Å². The van der Waals surface area contributed by atoms with E-state index >= 15 is 0 Å². The van der Waals surface area contributed by atoms with Crippen LogP contribution in [0.1, 0.15) is 0 Å². The number of H-pyrrole nitrogens is 2. The van der Waals surface area contributed by atoms with E-state index in [0.717, 1.165) is 17.0 Å². The van der Waals surface area contributed by atoms with Crippen molar-refractivity contribution in [3.8, 4) is 17.0 Å². The quantitative estimate of drug-likeness (QED) is 0.742. The molecule has 1 heterocycles. The van der Waals surface area contributed by atoms with E-state index in [0.29, 0.717) is 4.77 Å². The first-order valence-electron chi connectivity index (χ1n) is 4.22. The lowest BCUT2D eigenvalue weighted by Gasteiger charge is -2.01. The first-order chi connectivity index (χ1) is 6.79. The Balaban J connectivity index is 2.46. The molecule has 1 aromatic heterocycles. The van der Waals surface area contributed by atoms with E-state index in [2.05, 4.69) is 9.97 Å². The lowest BCUT2D eigenvalue weighted by Crippen LogP contribution is -1.83. The molecular weight excluding hydrogens is 196 g/mol. The third-order valence-corrected chi connectivity index (χ3v) is 2.20. The van der Waals surface area contributed by atoms with Crippen molar-refractivity contribution in [2.75, 3.05) is 7.11 Å². The first kappa shape index (κ1) is 9.02. The highest BCUT2D eigenvalue weighted by Gasteiger charge is 1.99. The summed E-state index contributed by atoms with van der Waals surface area (Å²) in [5, 5.41) is 0. The Labute approximate surface area is 86.8 Å². The molecule has 0 bridgehead atoms. The van der Waals surface area contributed by atoms with Crippen LogP contribution in [0.5, 0.6) is 5.75 Å². The van der Waals surface area contributed by atoms with Gasteiger partial charge in [-0.25, -0.2) is 0 Å². The number of ether oxygens (including phenoxy) is 1. The molecule has 1 aromatic carbocycles. The zero-order valence-corrected chi connectivity index (χ0v) is 8.52. The predicted molar refractivity (Wildman–Crippen MR) is 58.0 cm³/mol.